The second kappa shape index (κ2) is 7.05. The summed E-state index contributed by atoms with van der Waals surface area (Å²) in [6.07, 6.45) is 7.86. The van der Waals surface area contributed by atoms with Crippen molar-refractivity contribution < 1.29 is 0 Å². The highest BCUT2D eigenvalue weighted by molar-refractivity contribution is 7.22. The van der Waals surface area contributed by atoms with Crippen LogP contribution in [0, 0.1) is 0 Å². The number of hydrogen-bond donors (Lipinski definition) is 1. The van der Waals surface area contributed by atoms with Crippen LogP contribution in [0.1, 0.15) is 18.4 Å². The SMILES string of the molecule is c1cc(CN2CCCC2)cc(Nc2nc3ccc(-n4cnnc4)cc3s2)n1. The van der Waals surface area contributed by atoms with E-state index in [0.29, 0.717) is 0 Å². The van der Waals surface area contributed by atoms with Gasteiger partial charge in [0.2, 0.25) is 0 Å². The summed E-state index contributed by atoms with van der Waals surface area (Å²) in [4.78, 5) is 11.6. The first-order valence-corrected chi connectivity index (χ1v) is 9.85. The van der Waals surface area contributed by atoms with E-state index < -0.39 is 0 Å². The van der Waals surface area contributed by atoms with E-state index in [4.69, 9.17) is 0 Å². The number of likely N-dealkylation sites (tertiary alicyclic amines) is 1. The maximum atomic E-state index is 4.68. The van der Waals surface area contributed by atoms with Gasteiger partial charge in [0.25, 0.3) is 0 Å². The number of fused-ring (bicyclic) bond motifs is 1. The smallest absolute Gasteiger partial charge is 0.189 e. The fourth-order valence-electron chi connectivity index (χ4n) is 3.41. The fourth-order valence-corrected chi connectivity index (χ4v) is 4.32. The van der Waals surface area contributed by atoms with E-state index in [1.165, 1.54) is 31.5 Å². The van der Waals surface area contributed by atoms with Gasteiger partial charge in [-0.2, -0.15) is 0 Å². The van der Waals surface area contributed by atoms with Gasteiger partial charge in [0, 0.05) is 18.4 Å². The number of hydrogen-bond acceptors (Lipinski definition) is 7. The number of thiazole rings is 1. The van der Waals surface area contributed by atoms with Gasteiger partial charge in [-0.1, -0.05) is 11.3 Å². The molecule has 1 aliphatic rings. The third-order valence-corrected chi connectivity index (χ3v) is 5.69. The molecule has 0 amide bonds. The Morgan fingerprint density at radius 3 is 2.74 bits per heavy atom. The van der Waals surface area contributed by atoms with Gasteiger partial charge in [-0.25, -0.2) is 9.97 Å². The third kappa shape index (κ3) is 3.54. The highest BCUT2D eigenvalue weighted by Gasteiger charge is 2.12. The van der Waals surface area contributed by atoms with E-state index in [-0.39, 0.29) is 0 Å². The number of anilines is 2. The highest BCUT2D eigenvalue weighted by Crippen LogP contribution is 2.29. The molecular weight excluding hydrogens is 358 g/mol. The second-order valence-corrected chi connectivity index (χ2v) is 7.73. The van der Waals surface area contributed by atoms with Crippen LogP contribution in [0.15, 0.2) is 49.2 Å². The molecule has 4 heterocycles. The molecule has 27 heavy (non-hydrogen) atoms. The molecule has 0 unspecified atom stereocenters. The summed E-state index contributed by atoms with van der Waals surface area (Å²) in [5.41, 5.74) is 3.27. The minimum atomic E-state index is 0.838. The summed E-state index contributed by atoms with van der Waals surface area (Å²) in [5, 5.41) is 11.9. The summed E-state index contributed by atoms with van der Waals surface area (Å²) in [5.74, 6) is 0.838. The lowest BCUT2D eigenvalue weighted by Crippen LogP contribution is -2.18. The van der Waals surface area contributed by atoms with Crippen molar-refractivity contribution in [1.82, 2.24) is 29.6 Å². The first kappa shape index (κ1) is 16.3. The highest BCUT2D eigenvalue weighted by atomic mass is 32.1. The van der Waals surface area contributed by atoms with Crippen molar-refractivity contribution in [3.05, 3.63) is 54.7 Å². The van der Waals surface area contributed by atoms with E-state index in [1.54, 1.807) is 24.0 Å². The van der Waals surface area contributed by atoms with Gasteiger partial charge < -0.3 is 5.32 Å². The van der Waals surface area contributed by atoms with Crippen LogP contribution in [0.4, 0.5) is 10.9 Å². The molecule has 4 aromatic rings. The number of benzene rings is 1. The molecule has 1 saturated heterocycles. The minimum Gasteiger partial charge on any atom is -0.316 e. The standard InChI is InChI=1S/C19H19N7S/c1-2-8-25(7-1)11-14-5-6-20-18(9-14)24-19-23-16-4-3-15(10-17(16)27-19)26-12-21-22-13-26/h3-6,9-10,12-13H,1-2,7-8,11H2,(H,20,23,24). The first-order chi connectivity index (χ1) is 13.3. The molecule has 0 spiro atoms. The quantitative estimate of drug-likeness (QED) is 0.573. The van der Waals surface area contributed by atoms with E-state index in [9.17, 15) is 0 Å². The van der Waals surface area contributed by atoms with Crippen LogP contribution in [-0.4, -0.2) is 42.7 Å². The Morgan fingerprint density at radius 2 is 1.89 bits per heavy atom. The number of nitrogens with one attached hydrogen (secondary N) is 1. The topological polar surface area (TPSA) is 71.8 Å². The van der Waals surface area contributed by atoms with Crippen molar-refractivity contribution in [2.75, 3.05) is 18.4 Å². The maximum absolute atomic E-state index is 4.68. The molecule has 1 fully saturated rings. The molecule has 1 aromatic carbocycles. The summed E-state index contributed by atoms with van der Waals surface area (Å²) in [6.45, 7) is 3.37. The van der Waals surface area contributed by atoms with E-state index in [0.717, 1.165) is 33.4 Å². The molecule has 8 heteroatoms. The van der Waals surface area contributed by atoms with Crippen LogP contribution >= 0.6 is 11.3 Å². The molecule has 0 saturated carbocycles. The Labute approximate surface area is 160 Å². The predicted octanol–water partition coefficient (Wildman–Crippen LogP) is 3.61. The van der Waals surface area contributed by atoms with Crippen LogP contribution < -0.4 is 5.32 Å². The normalized spacial score (nSPS) is 14.8. The lowest BCUT2D eigenvalue weighted by molar-refractivity contribution is 0.331. The molecule has 7 nitrogen and oxygen atoms in total. The van der Waals surface area contributed by atoms with Crippen LogP contribution in [0.2, 0.25) is 0 Å². The zero-order valence-corrected chi connectivity index (χ0v) is 15.6. The van der Waals surface area contributed by atoms with Gasteiger partial charge in [-0.3, -0.25) is 9.47 Å². The lowest BCUT2D eigenvalue weighted by Gasteiger charge is -2.14. The molecule has 0 bridgehead atoms. The molecule has 1 N–H and O–H groups in total. The molecule has 0 radical (unpaired) electrons. The number of pyridine rings is 1. The molecule has 1 aliphatic heterocycles. The van der Waals surface area contributed by atoms with Gasteiger partial charge in [-0.05, 0) is 61.8 Å². The van der Waals surface area contributed by atoms with Crippen molar-refractivity contribution in [3.8, 4) is 5.69 Å². The largest absolute Gasteiger partial charge is 0.316 e. The van der Waals surface area contributed by atoms with Crippen molar-refractivity contribution >= 4 is 32.5 Å². The van der Waals surface area contributed by atoms with Gasteiger partial charge >= 0.3 is 0 Å². The Morgan fingerprint density at radius 1 is 1.04 bits per heavy atom. The summed E-state index contributed by atoms with van der Waals surface area (Å²) in [7, 11) is 0. The van der Waals surface area contributed by atoms with Crippen LogP contribution in [0.3, 0.4) is 0 Å². The fraction of sp³-hybridized carbons (Fsp3) is 0.263. The van der Waals surface area contributed by atoms with E-state index in [1.807, 2.05) is 22.9 Å². The van der Waals surface area contributed by atoms with Crippen LogP contribution in [0.25, 0.3) is 15.9 Å². The summed E-state index contributed by atoms with van der Waals surface area (Å²) in [6, 6.07) is 10.3. The summed E-state index contributed by atoms with van der Waals surface area (Å²) >= 11 is 1.62. The second-order valence-electron chi connectivity index (χ2n) is 6.70. The number of rotatable bonds is 5. The first-order valence-electron chi connectivity index (χ1n) is 9.03. The average Bonchev–Trinajstić information content (AvgIpc) is 3.43. The lowest BCUT2D eigenvalue weighted by atomic mass is 10.2. The molecule has 0 atom stereocenters. The average molecular weight is 377 g/mol. The van der Waals surface area contributed by atoms with Crippen molar-refractivity contribution in [2.45, 2.75) is 19.4 Å². The van der Waals surface area contributed by atoms with Crippen LogP contribution in [-0.2, 0) is 6.54 Å². The summed E-state index contributed by atoms with van der Waals surface area (Å²) < 4.78 is 2.99. The molecular formula is C19H19N7S. The number of nitrogens with zero attached hydrogens (tertiary/aromatic N) is 6. The zero-order chi connectivity index (χ0) is 18.1. The van der Waals surface area contributed by atoms with Gasteiger partial charge in [-0.15, -0.1) is 10.2 Å². The Bertz CT molecular complexity index is 1050. The predicted molar refractivity (Wildman–Crippen MR) is 107 cm³/mol. The Kier molecular flexibility index (Phi) is 4.27. The molecule has 136 valence electrons. The van der Waals surface area contributed by atoms with Crippen molar-refractivity contribution in [1.29, 1.82) is 0 Å². The molecule has 3 aromatic heterocycles. The van der Waals surface area contributed by atoms with Gasteiger partial charge in [0.15, 0.2) is 5.13 Å². The molecule has 0 aliphatic carbocycles. The Hall–Kier alpha value is -2.84. The minimum absolute atomic E-state index is 0.838. The zero-order valence-electron chi connectivity index (χ0n) is 14.7. The monoisotopic (exact) mass is 377 g/mol. The molecule has 5 rings (SSSR count). The van der Waals surface area contributed by atoms with Crippen molar-refractivity contribution in [2.24, 2.45) is 0 Å². The van der Waals surface area contributed by atoms with E-state index >= 15 is 0 Å². The number of aromatic nitrogens is 5. The third-order valence-electron chi connectivity index (χ3n) is 4.75. The Balaban J connectivity index is 1.36. The van der Waals surface area contributed by atoms with Gasteiger partial charge in [0.1, 0.15) is 18.5 Å². The van der Waals surface area contributed by atoms with E-state index in [2.05, 4.69) is 48.6 Å². The van der Waals surface area contributed by atoms with Gasteiger partial charge in [0.05, 0.1) is 10.2 Å². The maximum Gasteiger partial charge on any atom is 0.189 e. The van der Waals surface area contributed by atoms with Crippen molar-refractivity contribution in [3.63, 3.8) is 0 Å². The van der Waals surface area contributed by atoms with Crippen LogP contribution in [0.5, 0.6) is 0 Å².